The van der Waals surface area contributed by atoms with Crippen molar-refractivity contribution in [1.29, 1.82) is 0 Å². The number of hydrogen-bond donors (Lipinski definition) is 6. The van der Waals surface area contributed by atoms with Crippen molar-refractivity contribution in [3.8, 4) is 0 Å². The molecule has 0 heterocycles. The highest BCUT2D eigenvalue weighted by molar-refractivity contribution is 7.48. The Balaban J connectivity index is -0.000000349. The molecule has 780 valence electrons. The van der Waals surface area contributed by atoms with Crippen LogP contribution in [0, 0.1) is 34.5 Å². The lowest BCUT2D eigenvalue weighted by Crippen LogP contribution is -2.05. The lowest BCUT2D eigenvalue weighted by molar-refractivity contribution is 0.143. The Morgan fingerprint density at radius 1 is 0.172 bits per heavy atom. The van der Waals surface area contributed by atoms with Crippen LogP contribution in [0.25, 0.3) is 0 Å². The van der Waals surface area contributed by atoms with Gasteiger partial charge in [-0.05, 0) is 124 Å². The minimum absolute atomic E-state index is 0.294. The Labute approximate surface area is 791 Å². The van der Waals surface area contributed by atoms with Crippen LogP contribution in [-0.4, -0.2) is 109 Å². The third-order valence-corrected chi connectivity index (χ3v) is 27.0. The summed E-state index contributed by atoms with van der Waals surface area (Å²) in [6.45, 7) is 47.7. The van der Waals surface area contributed by atoms with Crippen molar-refractivity contribution in [2.24, 2.45) is 34.5 Å². The molecule has 0 amide bonds. The number of unbranched alkanes of at least 4 members (excludes halogenated alkanes) is 42. The molecule has 0 atom stereocenters. The highest BCUT2D eigenvalue weighted by atomic mass is 31.2. The minimum Gasteiger partial charge on any atom is -0.302 e. The average molecular weight is 1960 g/mol. The quantitative estimate of drug-likeness (QED) is 0.0243. The molecule has 24 nitrogen and oxygen atoms in total. The van der Waals surface area contributed by atoms with Gasteiger partial charge in [0.1, 0.15) is 0 Å². The zero-order chi connectivity index (χ0) is 97.7. The molecule has 0 saturated heterocycles. The van der Waals surface area contributed by atoms with Crippen molar-refractivity contribution >= 4 is 46.9 Å². The van der Waals surface area contributed by atoms with E-state index in [4.69, 9.17) is 54.3 Å². The summed E-state index contributed by atoms with van der Waals surface area (Å²) in [6, 6.07) is 0. The first-order chi connectivity index (χ1) is 60.4. The maximum absolute atomic E-state index is 11.7. The lowest BCUT2D eigenvalue weighted by Gasteiger charge is -2.18. The van der Waals surface area contributed by atoms with Crippen LogP contribution in [-0.2, 0) is 81.7 Å². The maximum Gasteiger partial charge on any atom is 0.472 e. The van der Waals surface area contributed by atoms with Gasteiger partial charge in [-0.15, -0.1) is 0 Å². The van der Waals surface area contributed by atoms with Crippen molar-refractivity contribution in [3.05, 3.63) is 0 Å². The topological polar surface area (TPSA) is 335 Å². The molecule has 0 aliphatic rings. The van der Waals surface area contributed by atoms with Crippen LogP contribution < -0.4 is 0 Å². The molecule has 128 heavy (non-hydrogen) atoms. The molecule has 6 N–H and O–H groups in total. The van der Waals surface area contributed by atoms with Gasteiger partial charge in [0.05, 0.1) is 79.3 Å². The molecule has 0 rings (SSSR count). The van der Waals surface area contributed by atoms with E-state index in [2.05, 4.69) is 138 Å². The van der Waals surface area contributed by atoms with Crippen LogP contribution in [0.3, 0.4) is 0 Å². The predicted octanol–water partition coefficient (Wildman–Crippen LogP) is 35.0. The standard InChI is InChI=1S/3C18H39O4P.C16H35O4P.2C14H31O4P/c1-17(2,3)13-9-7-11-15-21-23(19,20)22-16-12-8-10-14-18(4,5)6;1-17(2)13-9-5-7-11-15-21-23(19,20)22-16-12-8-6-10-14-18(3)4;1-3-5-7-9-11-13-15-17-21-23(19,20)22-18-16-14-12-10-8-6-4-2;1-3-5-7-9-11-13-15-19-21(17,18)20-16-14-12-10-8-6-4-2;1-13(2)9-5-7-11-17-19(15,16)18-12-8-6-10-14(3)4;1-3-5-7-9-11-13-17-19(15,16)18-14-12-10-8-6-4-2/h7-16H2,1-6H3,(H,19,20);17-18H,5-16H2,1-4H3,(H,19,20);3-18H2,1-2H3,(H,19,20);3-16H2,1-2H3,(H,17,18);13-14H,5-12H2,1-4H3,(H,15,16);3-14H2,1-2H3,(H,15,16). The first-order valence-corrected chi connectivity index (χ1v) is 61.1. The van der Waals surface area contributed by atoms with E-state index in [1.54, 1.807) is 0 Å². The SMILES string of the molecule is CC(C)(C)CCCCCOP(=O)(O)OCCCCCC(C)(C)C.CC(C)CCCCCCOP(=O)(O)OCCCCCCC(C)C.CC(C)CCCCOP(=O)(O)OCCCCC(C)C.CCCCCCCCCOP(=O)(O)OCCCCCCCCC.CCCCCCCCOP(=O)(O)OCCCCCCCC.CCCCCCCOP(=O)(O)OCCCCCCC. The van der Waals surface area contributed by atoms with Crippen molar-refractivity contribution < 1.29 is 111 Å². The number of rotatable bonds is 88. The molecule has 0 radical (unpaired) electrons. The second-order valence-corrected chi connectivity index (χ2v) is 47.9. The predicted molar refractivity (Wildman–Crippen MR) is 540 cm³/mol. The monoisotopic (exact) mass is 1960 g/mol. The Bertz CT molecular complexity index is 2400. The van der Waals surface area contributed by atoms with Crippen LogP contribution in [0.2, 0.25) is 0 Å². The molecule has 0 unspecified atom stereocenters. The third kappa shape index (κ3) is 133. The summed E-state index contributed by atoms with van der Waals surface area (Å²) in [6.07, 6.45) is 65.9. The lowest BCUT2D eigenvalue weighted by atomic mass is 9.89. The van der Waals surface area contributed by atoms with Gasteiger partial charge in [0.15, 0.2) is 0 Å². The summed E-state index contributed by atoms with van der Waals surface area (Å²) < 4.78 is 129. The van der Waals surface area contributed by atoms with E-state index in [-0.39, 0.29) is 0 Å². The van der Waals surface area contributed by atoms with E-state index < -0.39 is 46.9 Å². The minimum atomic E-state index is -3.85. The van der Waals surface area contributed by atoms with Crippen LogP contribution in [0.5, 0.6) is 0 Å². The van der Waals surface area contributed by atoms with Gasteiger partial charge in [-0.1, -0.05) is 434 Å². The first kappa shape index (κ1) is 139. The number of hydrogen-bond acceptors (Lipinski definition) is 18. The zero-order valence-corrected chi connectivity index (χ0v) is 92.3. The summed E-state index contributed by atoms with van der Waals surface area (Å²) in [4.78, 5) is 57.1. The smallest absolute Gasteiger partial charge is 0.302 e. The summed E-state index contributed by atoms with van der Waals surface area (Å²) in [7, 11) is -23.0. The van der Waals surface area contributed by atoms with E-state index in [1.165, 1.54) is 167 Å². The molecule has 0 aromatic rings. The fraction of sp³-hybridized carbons (Fsp3) is 1.00. The van der Waals surface area contributed by atoms with E-state index >= 15 is 0 Å². The Morgan fingerprint density at radius 2 is 0.273 bits per heavy atom. The van der Waals surface area contributed by atoms with Crippen LogP contribution >= 0.6 is 46.9 Å². The van der Waals surface area contributed by atoms with Gasteiger partial charge in [-0.3, -0.25) is 54.3 Å². The van der Waals surface area contributed by atoms with Gasteiger partial charge < -0.3 is 29.4 Å². The first-order valence-electron chi connectivity index (χ1n) is 52.2. The molecule has 0 aliphatic carbocycles. The van der Waals surface area contributed by atoms with Crippen LogP contribution in [0.1, 0.15) is 524 Å². The Kier molecular flexibility index (Phi) is 107. The van der Waals surface area contributed by atoms with E-state index in [0.29, 0.717) is 102 Å². The molecule has 0 aromatic carbocycles. The largest absolute Gasteiger partial charge is 0.472 e. The van der Waals surface area contributed by atoms with Gasteiger partial charge in [-0.25, -0.2) is 27.4 Å². The Hall–Kier alpha value is 0.660. The van der Waals surface area contributed by atoms with Crippen LogP contribution in [0.4, 0.5) is 0 Å². The van der Waals surface area contributed by atoms with Gasteiger partial charge in [0, 0.05) is 0 Å². The summed E-state index contributed by atoms with van der Waals surface area (Å²) in [5.74, 6) is 2.83. The van der Waals surface area contributed by atoms with Crippen molar-refractivity contribution in [2.75, 3.05) is 79.3 Å². The normalized spacial score (nSPS) is 12.4. The summed E-state index contributed by atoms with van der Waals surface area (Å²) in [5, 5.41) is 0. The Morgan fingerprint density at radius 3 is 0.398 bits per heavy atom. The fourth-order valence-electron chi connectivity index (χ4n) is 12.9. The second kappa shape index (κ2) is 97.9. The van der Waals surface area contributed by atoms with E-state index in [9.17, 15) is 56.8 Å². The molecule has 0 aromatic heterocycles. The molecule has 30 heteroatoms. The van der Waals surface area contributed by atoms with Gasteiger partial charge >= 0.3 is 46.9 Å². The zero-order valence-electron chi connectivity index (χ0n) is 86.9. The second-order valence-electron chi connectivity index (χ2n) is 39.1. The summed E-state index contributed by atoms with van der Waals surface area (Å²) >= 11 is 0. The molecular weight excluding hydrogens is 1750 g/mol. The van der Waals surface area contributed by atoms with E-state index in [0.717, 1.165) is 230 Å². The van der Waals surface area contributed by atoms with Crippen molar-refractivity contribution in [1.82, 2.24) is 0 Å². The average Bonchev–Trinajstić information content (AvgIpc) is 0.955. The third-order valence-electron chi connectivity index (χ3n) is 20.9. The number of phosphoric acid groups is 6. The van der Waals surface area contributed by atoms with E-state index in [1.807, 2.05) is 0 Å². The molecule has 0 saturated carbocycles. The molecule has 0 spiro atoms. The van der Waals surface area contributed by atoms with Gasteiger partial charge in [0.2, 0.25) is 0 Å². The van der Waals surface area contributed by atoms with Crippen molar-refractivity contribution in [2.45, 2.75) is 524 Å². The highest BCUT2D eigenvalue weighted by Crippen LogP contribution is 2.48. The van der Waals surface area contributed by atoms with Crippen LogP contribution in [0.15, 0.2) is 0 Å². The molecule has 0 bridgehead atoms. The fourth-order valence-corrected chi connectivity index (χ4v) is 17.6. The molecule has 0 aliphatic heterocycles. The van der Waals surface area contributed by atoms with Gasteiger partial charge in [0.25, 0.3) is 0 Å². The highest BCUT2D eigenvalue weighted by Gasteiger charge is 2.26. The number of phosphoric ester groups is 6. The molecular formula is C98H214O24P6. The summed E-state index contributed by atoms with van der Waals surface area (Å²) in [5.41, 5.74) is 0.701. The maximum atomic E-state index is 11.7. The van der Waals surface area contributed by atoms with Crippen molar-refractivity contribution in [3.63, 3.8) is 0 Å². The van der Waals surface area contributed by atoms with Gasteiger partial charge in [-0.2, -0.15) is 0 Å². The molecule has 0 fully saturated rings.